The van der Waals surface area contributed by atoms with E-state index < -0.39 is 0 Å². The van der Waals surface area contributed by atoms with Crippen molar-refractivity contribution in [2.75, 3.05) is 19.8 Å². The van der Waals surface area contributed by atoms with Crippen molar-refractivity contribution in [2.24, 2.45) is 16.1 Å². The van der Waals surface area contributed by atoms with Crippen LogP contribution in [0.15, 0.2) is 4.99 Å². The second-order valence-corrected chi connectivity index (χ2v) is 5.85. The summed E-state index contributed by atoms with van der Waals surface area (Å²) in [5.74, 6) is 0.556. The molecular weight excluding hydrogens is 242 g/mol. The minimum atomic E-state index is 0.150. The topological polar surface area (TPSA) is 68.9 Å². The zero-order valence-electron chi connectivity index (χ0n) is 12.3. The average molecular weight is 269 g/mol. The Hall–Kier alpha value is -0.810. The van der Waals surface area contributed by atoms with Gasteiger partial charge >= 0.3 is 0 Å². The van der Waals surface area contributed by atoms with Crippen molar-refractivity contribution in [3.05, 3.63) is 0 Å². The molecule has 5 nitrogen and oxygen atoms in total. The highest BCUT2D eigenvalue weighted by Crippen LogP contribution is 2.52. The Morgan fingerprint density at radius 2 is 2.16 bits per heavy atom. The van der Waals surface area contributed by atoms with Gasteiger partial charge in [-0.05, 0) is 40.0 Å². The fraction of sp³-hybridized carbons (Fsp3) is 0.929. The molecule has 1 saturated carbocycles. The minimum absolute atomic E-state index is 0.150. The normalized spacial score (nSPS) is 30.4. The fourth-order valence-electron chi connectivity index (χ4n) is 3.25. The summed E-state index contributed by atoms with van der Waals surface area (Å²) in [6.45, 7) is 8.58. The number of hydrogen-bond donors (Lipinski definition) is 2. The van der Waals surface area contributed by atoms with Crippen LogP contribution in [0.25, 0.3) is 0 Å². The maximum atomic E-state index is 5.96. The summed E-state index contributed by atoms with van der Waals surface area (Å²) < 4.78 is 11.4. The molecule has 0 aromatic rings. The van der Waals surface area contributed by atoms with Crippen LogP contribution >= 0.6 is 0 Å². The quantitative estimate of drug-likeness (QED) is 0.596. The molecule has 2 unspecified atom stereocenters. The molecule has 0 aromatic carbocycles. The van der Waals surface area contributed by atoms with Crippen LogP contribution in [-0.4, -0.2) is 44.0 Å². The van der Waals surface area contributed by atoms with Gasteiger partial charge in [0.25, 0.3) is 0 Å². The van der Waals surface area contributed by atoms with Gasteiger partial charge in [0, 0.05) is 31.3 Å². The Labute approximate surface area is 115 Å². The van der Waals surface area contributed by atoms with Gasteiger partial charge in [0.1, 0.15) is 0 Å². The molecule has 2 rings (SSSR count). The zero-order valence-corrected chi connectivity index (χ0v) is 12.3. The van der Waals surface area contributed by atoms with E-state index in [2.05, 4.69) is 31.1 Å². The number of rotatable bonds is 4. The summed E-state index contributed by atoms with van der Waals surface area (Å²) in [4.78, 5) is 4.68. The number of ether oxygens (including phenoxy) is 2. The summed E-state index contributed by atoms with van der Waals surface area (Å²) in [5, 5.41) is 3.17. The third-order valence-corrected chi connectivity index (χ3v) is 4.27. The number of nitrogens with zero attached hydrogens (tertiary/aromatic N) is 1. The van der Waals surface area contributed by atoms with Crippen molar-refractivity contribution >= 4 is 5.96 Å². The highest BCUT2D eigenvalue weighted by atomic mass is 16.5. The molecule has 19 heavy (non-hydrogen) atoms. The van der Waals surface area contributed by atoms with Crippen LogP contribution in [0.1, 0.15) is 40.0 Å². The Morgan fingerprint density at radius 1 is 1.47 bits per heavy atom. The lowest BCUT2D eigenvalue weighted by Gasteiger charge is -2.55. The Balaban J connectivity index is 2.04. The SMILES string of the molecule is CCOC1CC(N=C(N)NC(C)C)C12CCOCC2. The third kappa shape index (κ3) is 3.03. The van der Waals surface area contributed by atoms with E-state index in [1.807, 2.05) is 0 Å². The molecule has 1 heterocycles. The molecule has 3 N–H and O–H groups in total. The van der Waals surface area contributed by atoms with Crippen LogP contribution in [0, 0.1) is 5.41 Å². The van der Waals surface area contributed by atoms with Crippen molar-refractivity contribution in [1.29, 1.82) is 0 Å². The summed E-state index contributed by atoms with van der Waals surface area (Å²) in [5.41, 5.74) is 6.11. The zero-order chi connectivity index (χ0) is 13.9. The van der Waals surface area contributed by atoms with Crippen molar-refractivity contribution in [3.8, 4) is 0 Å². The molecule has 2 atom stereocenters. The van der Waals surface area contributed by atoms with Crippen molar-refractivity contribution in [1.82, 2.24) is 5.32 Å². The maximum absolute atomic E-state index is 5.96. The largest absolute Gasteiger partial charge is 0.381 e. The number of guanidine groups is 1. The van der Waals surface area contributed by atoms with Crippen LogP contribution in [0.2, 0.25) is 0 Å². The molecule has 2 aliphatic rings. The lowest BCUT2D eigenvalue weighted by Crippen LogP contribution is -2.60. The molecule has 1 aliphatic carbocycles. The van der Waals surface area contributed by atoms with Gasteiger partial charge in [0.05, 0.1) is 12.1 Å². The van der Waals surface area contributed by atoms with E-state index in [4.69, 9.17) is 15.2 Å². The lowest BCUT2D eigenvalue weighted by molar-refractivity contribution is -0.163. The Bertz CT molecular complexity index is 325. The number of aliphatic imine (C=N–C) groups is 1. The Kier molecular flexibility index (Phi) is 4.68. The van der Waals surface area contributed by atoms with E-state index >= 15 is 0 Å². The number of hydrogen-bond acceptors (Lipinski definition) is 3. The lowest BCUT2D eigenvalue weighted by atomic mass is 9.58. The molecule has 0 radical (unpaired) electrons. The second kappa shape index (κ2) is 6.09. The third-order valence-electron chi connectivity index (χ3n) is 4.27. The van der Waals surface area contributed by atoms with Gasteiger partial charge in [-0.1, -0.05) is 0 Å². The standard InChI is InChI=1S/C14H27N3O2/c1-4-19-12-9-11(17-13(15)16-10(2)3)14(12)5-7-18-8-6-14/h10-12H,4-9H2,1-3H3,(H3,15,16,17). The number of nitrogens with two attached hydrogens (primary N) is 1. The monoisotopic (exact) mass is 269 g/mol. The second-order valence-electron chi connectivity index (χ2n) is 5.85. The van der Waals surface area contributed by atoms with Gasteiger partial charge in [0.15, 0.2) is 5.96 Å². The molecule has 1 saturated heterocycles. The molecule has 1 spiro atoms. The molecule has 2 fully saturated rings. The van der Waals surface area contributed by atoms with Gasteiger partial charge in [-0.3, -0.25) is 0 Å². The summed E-state index contributed by atoms with van der Waals surface area (Å²) >= 11 is 0. The molecule has 1 aliphatic heterocycles. The van der Waals surface area contributed by atoms with E-state index in [0.717, 1.165) is 39.1 Å². The first-order valence-electron chi connectivity index (χ1n) is 7.37. The highest BCUT2D eigenvalue weighted by Gasteiger charge is 2.56. The van der Waals surface area contributed by atoms with Gasteiger partial charge in [0.2, 0.25) is 0 Å². The summed E-state index contributed by atoms with van der Waals surface area (Å²) in [6, 6.07) is 0.594. The molecular formula is C14H27N3O2. The van der Waals surface area contributed by atoms with E-state index in [-0.39, 0.29) is 11.5 Å². The smallest absolute Gasteiger partial charge is 0.189 e. The van der Waals surface area contributed by atoms with Gasteiger partial charge < -0.3 is 20.5 Å². The van der Waals surface area contributed by atoms with Crippen LogP contribution in [0.5, 0.6) is 0 Å². The van der Waals surface area contributed by atoms with Crippen molar-refractivity contribution < 1.29 is 9.47 Å². The average Bonchev–Trinajstić information content (AvgIpc) is 2.38. The fourth-order valence-corrected chi connectivity index (χ4v) is 3.25. The van der Waals surface area contributed by atoms with Gasteiger partial charge in [-0.2, -0.15) is 0 Å². The van der Waals surface area contributed by atoms with E-state index in [1.165, 1.54) is 0 Å². The Morgan fingerprint density at radius 3 is 2.74 bits per heavy atom. The maximum Gasteiger partial charge on any atom is 0.189 e. The predicted molar refractivity (Wildman–Crippen MR) is 76.2 cm³/mol. The van der Waals surface area contributed by atoms with Crippen LogP contribution < -0.4 is 11.1 Å². The van der Waals surface area contributed by atoms with Crippen LogP contribution in [0.4, 0.5) is 0 Å². The molecule has 0 bridgehead atoms. The first-order valence-corrected chi connectivity index (χ1v) is 7.37. The van der Waals surface area contributed by atoms with E-state index in [1.54, 1.807) is 0 Å². The minimum Gasteiger partial charge on any atom is -0.381 e. The first kappa shape index (κ1) is 14.6. The number of nitrogens with one attached hydrogen (secondary N) is 1. The highest BCUT2D eigenvalue weighted by molar-refractivity contribution is 5.78. The predicted octanol–water partition coefficient (Wildman–Crippen LogP) is 1.27. The first-order chi connectivity index (χ1) is 9.08. The van der Waals surface area contributed by atoms with E-state index in [0.29, 0.717) is 18.1 Å². The molecule has 0 aromatic heterocycles. The van der Waals surface area contributed by atoms with Crippen molar-refractivity contribution in [2.45, 2.75) is 58.2 Å². The van der Waals surface area contributed by atoms with Crippen molar-refractivity contribution in [3.63, 3.8) is 0 Å². The van der Waals surface area contributed by atoms with E-state index in [9.17, 15) is 0 Å². The van der Waals surface area contributed by atoms with Crippen LogP contribution in [-0.2, 0) is 9.47 Å². The van der Waals surface area contributed by atoms with Gasteiger partial charge in [-0.15, -0.1) is 0 Å². The molecule has 5 heteroatoms. The van der Waals surface area contributed by atoms with Gasteiger partial charge in [-0.25, -0.2) is 4.99 Å². The molecule has 110 valence electrons. The summed E-state index contributed by atoms with van der Waals surface area (Å²) in [7, 11) is 0. The van der Waals surface area contributed by atoms with Crippen LogP contribution in [0.3, 0.4) is 0 Å². The molecule has 0 amide bonds. The summed E-state index contributed by atoms with van der Waals surface area (Å²) in [6.07, 6.45) is 3.36.